The van der Waals surface area contributed by atoms with Crippen molar-refractivity contribution in [2.75, 3.05) is 32.8 Å². The number of thiophene rings is 1. The van der Waals surface area contributed by atoms with Crippen molar-refractivity contribution in [3.63, 3.8) is 0 Å². The van der Waals surface area contributed by atoms with Crippen molar-refractivity contribution in [2.24, 2.45) is 0 Å². The molecule has 1 fully saturated rings. The average Bonchev–Trinajstić information content (AvgIpc) is 3.59. The summed E-state index contributed by atoms with van der Waals surface area (Å²) in [5, 5.41) is 2.06. The Morgan fingerprint density at radius 1 is 1.18 bits per heavy atom. The molecular weight excluding hydrogens is 503 g/mol. The fourth-order valence-electron chi connectivity index (χ4n) is 5.32. The van der Waals surface area contributed by atoms with E-state index in [0.29, 0.717) is 26.3 Å². The maximum Gasteiger partial charge on any atom is 0.254 e. The Hall–Kier alpha value is -3.23. The zero-order chi connectivity index (χ0) is 26.6. The molecule has 0 spiro atoms. The molecule has 0 unspecified atom stereocenters. The molecule has 5 rings (SSSR count). The number of hydrogen-bond donors (Lipinski definition) is 0. The van der Waals surface area contributed by atoms with E-state index >= 15 is 0 Å². The lowest BCUT2D eigenvalue weighted by Crippen LogP contribution is -2.49. The highest BCUT2D eigenvalue weighted by molar-refractivity contribution is 7.10. The molecule has 0 N–H and O–H groups in total. The van der Waals surface area contributed by atoms with Gasteiger partial charge in [-0.15, -0.1) is 11.3 Å². The van der Waals surface area contributed by atoms with Crippen LogP contribution in [0.15, 0.2) is 53.9 Å². The van der Waals surface area contributed by atoms with Crippen LogP contribution in [0.2, 0.25) is 0 Å². The predicted molar refractivity (Wildman–Crippen MR) is 145 cm³/mol. The van der Waals surface area contributed by atoms with Gasteiger partial charge in [0.15, 0.2) is 0 Å². The van der Waals surface area contributed by atoms with E-state index in [1.54, 1.807) is 17.4 Å². The maximum absolute atomic E-state index is 13.9. The van der Waals surface area contributed by atoms with Gasteiger partial charge in [-0.2, -0.15) is 0 Å². The van der Waals surface area contributed by atoms with Crippen LogP contribution in [-0.2, 0) is 16.0 Å². The van der Waals surface area contributed by atoms with E-state index in [2.05, 4.69) is 17.5 Å². The van der Waals surface area contributed by atoms with Crippen LogP contribution in [-0.4, -0.2) is 60.6 Å². The van der Waals surface area contributed by atoms with Crippen LogP contribution in [0, 0.1) is 19.7 Å². The fraction of sp³-hybridized carbons (Fsp3) is 0.400. The Morgan fingerprint density at radius 2 is 2.05 bits per heavy atom. The highest BCUT2D eigenvalue weighted by Crippen LogP contribution is 2.34. The molecular formula is C30H33FN2O4S. The first-order chi connectivity index (χ1) is 18.4. The summed E-state index contributed by atoms with van der Waals surface area (Å²) in [7, 11) is 0. The van der Waals surface area contributed by atoms with Gasteiger partial charge in [0.2, 0.25) is 5.91 Å². The van der Waals surface area contributed by atoms with Gasteiger partial charge in [0, 0.05) is 30.1 Å². The Bertz CT molecular complexity index is 1300. The average molecular weight is 537 g/mol. The minimum Gasteiger partial charge on any atom is -0.491 e. The lowest BCUT2D eigenvalue weighted by atomic mass is 10.00. The number of hydrogen-bond acceptors (Lipinski definition) is 5. The summed E-state index contributed by atoms with van der Waals surface area (Å²) in [6.45, 7) is 5.77. The van der Waals surface area contributed by atoms with Crippen molar-refractivity contribution in [1.82, 2.24) is 9.80 Å². The number of benzene rings is 2. The topological polar surface area (TPSA) is 59.1 Å². The Labute approximate surface area is 227 Å². The second kappa shape index (κ2) is 11.7. The van der Waals surface area contributed by atoms with Gasteiger partial charge in [-0.3, -0.25) is 9.59 Å². The molecule has 0 radical (unpaired) electrons. The number of rotatable bonds is 8. The first-order valence-electron chi connectivity index (χ1n) is 13.1. The smallest absolute Gasteiger partial charge is 0.254 e. The molecule has 2 atom stereocenters. The van der Waals surface area contributed by atoms with Crippen LogP contribution in [0.3, 0.4) is 0 Å². The molecule has 1 saturated heterocycles. The molecule has 0 bridgehead atoms. The molecule has 3 aromatic rings. The number of halogens is 1. The van der Waals surface area contributed by atoms with Crippen molar-refractivity contribution in [3.8, 4) is 5.75 Å². The lowest BCUT2D eigenvalue weighted by molar-refractivity contribution is -0.135. The quantitative estimate of drug-likeness (QED) is 0.391. The zero-order valence-corrected chi connectivity index (χ0v) is 22.6. The molecule has 3 heterocycles. The summed E-state index contributed by atoms with van der Waals surface area (Å²) >= 11 is 1.70. The molecule has 2 aliphatic heterocycles. The van der Waals surface area contributed by atoms with Crippen LogP contribution >= 0.6 is 11.3 Å². The SMILES string of the molecule is Cc1ccc(OC[C@@H]2c3ccsc3CCN2C(=O)CN(C[C@@H]2CCCO2)C(=O)c2cccc(F)c2)c(C)c1. The largest absolute Gasteiger partial charge is 0.491 e. The van der Waals surface area contributed by atoms with E-state index < -0.39 is 5.82 Å². The second-order valence-electron chi connectivity index (χ2n) is 10.1. The summed E-state index contributed by atoms with van der Waals surface area (Å²) in [5.74, 6) is -0.209. The number of amides is 2. The zero-order valence-electron chi connectivity index (χ0n) is 21.8. The number of carbonyl (C=O) groups excluding carboxylic acids is 2. The normalized spacial score (nSPS) is 18.8. The van der Waals surface area contributed by atoms with Gasteiger partial charge < -0.3 is 19.3 Å². The van der Waals surface area contributed by atoms with Crippen LogP contribution in [0.4, 0.5) is 4.39 Å². The number of fused-ring (bicyclic) bond motifs is 1. The third-order valence-electron chi connectivity index (χ3n) is 7.28. The van der Waals surface area contributed by atoms with Gasteiger partial charge in [-0.25, -0.2) is 4.39 Å². The number of ether oxygens (including phenoxy) is 2. The van der Waals surface area contributed by atoms with Crippen molar-refractivity contribution >= 4 is 23.2 Å². The highest BCUT2D eigenvalue weighted by atomic mass is 32.1. The van der Waals surface area contributed by atoms with E-state index in [1.165, 1.54) is 33.5 Å². The summed E-state index contributed by atoms with van der Waals surface area (Å²) in [5.41, 5.74) is 3.54. The predicted octanol–water partition coefficient (Wildman–Crippen LogP) is 5.33. The molecule has 200 valence electrons. The van der Waals surface area contributed by atoms with Crippen LogP contribution in [0.1, 0.15) is 50.8 Å². The number of carbonyl (C=O) groups is 2. The van der Waals surface area contributed by atoms with Gasteiger partial charge in [0.1, 0.15) is 24.7 Å². The highest BCUT2D eigenvalue weighted by Gasteiger charge is 2.34. The summed E-state index contributed by atoms with van der Waals surface area (Å²) < 4.78 is 25.9. The minimum absolute atomic E-state index is 0.102. The molecule has 2 amide bonds. The van der Waals surface area contributed by atoms with E-state index in [1.807, 2.05) is 30.9 Å². The molecule has 2 aliphatic rings. The van der Waals surface area contributed by atoms with Gasteiger partial charge in [-0.1, -0.05) is 23.8 Å². The Kier molecular flexibility index (Phi) is 8.09. The van der Waals surface area contributed by atoms with Crippen LogP contribution < -0.4 is 4.74 Å². The summed E-state index contributed by atoms with van der Waals surface area (Å²) in [6, 6.07) is 13.5. The number of nitrogens with zero attached hydrogens (tertiary/aromatic N) is 2. The van der Waals surface area contributed by atoms with Gasteiger partial charge in [0.25, 0.3) is 5.91 Å². The first-order valence-corrected chi connectivity index (χ1v) is 14.0. The van der Waals surface area contributed by atoms with E-state index in [9.17, 15) is 14.0 Å². The minimum atomic E-state index is -0.483. The Morgan fingerprint density at radius 3 is 2.82 bits per heavy atom. The van der Waals surface area contributed by atoms with Crippen molar-refractivity contribution in [2.45, 2.75) is 45.3 Å². The first kappa shape index (κ1) is 26.4. The van der Waals surface area contributed by atoms with Crippen molar-refractivity contribution in [3.05, 3.63) is 86.9 Å². The third kappa shape index (κ3) is 5.92. The monoisotopic (exact) mass is 536 g/mol. The van der Waals surface area contributed by atoms with Gasteiger partial charge in [0.05, 0.1) is 12.1 Å². The second-order valence-corrected chi connectivity index (χ2v) is 11.1. The molecule has 2 aromatic carbocycles. The molecule has 1 aromatic heterocycles. The van der Waals surface area contributed by atoms with E-state index in [-0.39, 0.29) is 36.1 Å². The summed E-state index contributed by atoms with van der Waals surface area (Å²) in [6.07, 6.45) is 2.39. The molecule has 6 nitrogen and oxygen atoms in total. The molecule has 0 saturated carbocycles. The molecule has 0 aliphatic carbocycles. The van der Waals surface area contributed by atoms with E-state index in [0.717, 1.165) is 36.1 Å². The van der Waals surface area contributed by atoms with Crippen molar-refractivity contribution in [1.29, 1.82) is 0 Å². The Balaban J connectivity index is 1.36. The molecule has 38 heavy (non-hydrogen) atoms. The number of aryl methyl sites for hydroxylation is 2. The maximum atomic E-state index is 13.9. The van der Waals surface area contributed by atoms with Crippen molar-refractivity contribution < 1.29 is 23.5 Å². The fourth-order valence-corrected chi connectivity index (χ4v) is 6.24. The van der Waals surface area contributed by atoms with Crippen LogP contribution in [0.5, 0.6) is 5.75 Å². The van der Waals surface area contributed by atoms with Crippen LogP contribution in [0.25, 0.3) is 0 Å². The standard InChI is InChI=1S/C30H33FN2O4S/c1-20-8-9-27(21(2)15-20)37-19-26-25-11-14-38-28(25)10-12-33(26)29(34)18-32(17-24-7-4-13-36-24)30(35)22-5-3-6-23(31)16-22/h3,5-6,8-9,11,14-16,24,26H,4,7,10,12-13,17-19H2,1-2H3/t24-,26+/m0/s1. The molecule has 8 heteroatoms. The lowest BCUT2D eigenvalue weighted by Gasteiger charge is -2.37. The van der Waals surface area contributed by atoms with E-state index in [4.69, 9.17) is 9.47 Å². The van der Waals surface area contributed by atoms with Gasteiger partial charge in [-0.05, 0) is 79.9 Å². The third-order valence-corrected chi connectivity index (χ3v) is 8.27. The summed E-state index contributed by atoms with van der Waals surface area (Å²) in [4.78, 5) is 31.8. The van der Waals surface area contributed by atoms with Gasteiger partial charge >= 0.3 is 0 Å².